The minimum Gasteiger partial charge on any atom is -0.506 e. The van der Waals surface area contributed by atoms with Gasteiger partial charge in [-0.05, 0) is 62.7 Å². The van der Waals surface area contributed by atoms with Gasteiger partial charge in [0.15, 0.2) is 0 Å². The van der Waals surface area contributed by atoms with Gasteiger partial charge in [-0.3, -0.25) is 4.79 Å². The van der Waals surface area contributed by atoms with Gasteiger partial charge >= 0.3 is 0 Å². The average Bonchev–Trinajstić information content (AvgIpc) is 2.90. The van der Waals surface area contributed by atoms with Gasteiger partial charge in [-0.15, -0.1) is 0 Å². The Labute approximate surface area is 157 Å². The van der Waals surface area contributed by atoms with Crippen molar-refractivity contribution in [2.75, 3.05) is 11.9 Å². The fraction of sp³-hybridized carbons (Fsp3) is 0.250. The van der Waals surface area contributed by atoms with Crippen LogP contribution in [0.15, 0.2) is 36.4 Å². The fourth-order valence-corrected chi connectivity index (χ4v) is 3.34. The van der Waals surface area contributed by atoms with E-state index < -0.39 is 0 Å². The lowest BCUT2D eigenvalue weighted by atomic mass is 10.1. The van der Waals surface area contributed by atoms with E-state index in [9.17, 15) is 9.90 Å². The molecule has 0 bridgehead atoms. The minimum absolute atomic E-state index is 0.0294. The Kier molecular flexibility index (Phi) is 5.09. The van der Waals surface area contributed by atoms with Gasteiger partial charge in [0.05, 0.1) is 12.3 Å². The molecule has 1 aromatic heterocycles. The summed E-state index contributed by atoms with van der Waals surface area (Å²) in [7, 11) is 0. The third-order valence-corrected chi connectivity index (χ3v) is 4.57. The van der Waals surface area contributed by atoms with Gasteiger partial charge in [0, 0.05) is 22.5 Å². The summed E-state index contributed by atoms with van der Waals surface area (Å²) in [5.74, 6) is 0.449. The van der Waals surface area contributed by atoms with Crippen LogP contribution in [-0.4, -0.2) is 22.2 Å². The zero-order valence-corrected chi connectivity index (χ0v) is 15.7. The third kappa shape index (κ3) is 3.22. The van der Waals surface area contributed by atoms with Gasteiger partial charge in [0.25, 0.3) is 5.91 Å². The zero-order valence-electron chi connectivity index (χ0n) is 15.0. The number of aromatic hydroxyl groups is 1. The van der Waals surface area contributed by atoms with E-state index in [1.54, 1.807) is 6.07 Å². The van der Waals surface area contributed by atoms with E-state index in [0.717, 1.165) is 22.2 Å². The van der Waals surface area contributed by atoms with Crippen molar-refractivity contribution in [3.63, 3.8) is 0 Å². The Hall–Kier alpha value is -2.66. The van der Waals surface area contributed by atoms with Crippen molar-refractivity contribution in [1.82, 2.24) is 4.57 Å². The summed E-state index contributed by atoms with van der Waals surface area (Å²) in [4.78, 5) is 12.9. The SMILES string of the molecule is CCOc1ccc2c(c1)c(C)c(C(=O)Nc1cc(Cl)ccc1O)n2CC. The number of phenolic OH excluding ortho intramolecular Hbond substituents is 1. The standard InChI is InChI=1S/C20H21ClN2O3/c1-4-23-17-8-7-14(26-5-2)11-15(17)12(3)19(23)20(25)22-16-10-13(21)6-9-18(16)24/h6-11,24H,4-5H2,1-3H3,(H,22,25). The van der Waals surface area contributed by atoms with Crippen LogP contribution in [0.5, 0.6) is 11.5 Å². The molecule has 0 saturated carbocycles. The molecule has 0 unspecified atom stereocenters. The van der Waals surface area contributed by atoms with Crippen LogP contribution < -0.4 is 10.1 Å². The molecule has 1 heterocycles. The monoisotopic (exact) mass is 372 g/mol. The first-order valence-corrected chi connectivity index (χ1v) is 8.89. The molecule has 0 aliphatic heterocycles. The van der Waals surface area contributed by atoms with Gasteiger partial charge in [-0.2, -0.15) is 0 Å². The van der Waals surface area contributed by atoms with Crippen LogP contribution in [0, 0.1) is 6.92 Å². The molecule has 3 aromatic rings. The lowest BCUT2D eigenvalue weighted by Crippen LogP contribution is -2.18. The van der Waals surface area contributed by atoms with E-state index in [2.05, 4.69) is 5.32 Å². The van der Waals surface area contributed by atoms with E-state index in [4.69, 9.17) is 16.3 Å². The molecule has 6 heteroatoms. The molecule has 0 atom stereocenters. The second-order valence-corrected chi connectivity index (χ2v) is 6.38. The number of amides is 1. The van der Waals surface area contributed by atoms with Crippen molar-refractivity contribution >= 4 is 34.1 Å². The summed E-state index contributed by atoms with van der Waals surface area (Å²) in [6.45, 7) is 7.06. The van der Waals surface area contributed by atoms with Gasteiger partial charge in [0.1, 0.15) is 17.2 Å². The molecular weight excluding hydrogens is 352 g/mol. The maximum absolute atomic E-state index is 12.9. The van der Waals surface area contributed by atoms with Crippen molar-refractivity contribution in [2.45, 2.75) is 27.3 Å². The Morgan fingerprint density at radius 1 is 1.23 bits per heavy atom. The smallest absolute Gasteiger partial charge is 0.272 e. The lowest BCUT2D eigenvalue weighted by molar-refractivity contribution is 0.101. The number of ether oxygens (including phenoxy) is 1. The highest BCUT2D eigenvalue weighted by molar-refractivity contribution is 6.31. The number of nitrogens with one attached hydrogen (secondary N) is 1. The van der Waals surface area contributed by atoms with Crippen LogP contribution in [-0.2, 0) is 6.54 Å². The number of aryl methyl sites for hydroxylation is 2. The molecular formula is C20H21ClN2O3. The number of rotatable bonds is 5. The normalized spacial score (nSPS) is 10.9. The largest absolute Gasteiger partial charge is 0.506 e. The first-order chi connectivity index (χ1) is 12.5. The number of aromatic nitrogens is 1. The quantitative estimate of drug-likeness (QED) is 0.621. The summed E-state index contributed by atoms with van der Waals surface area (Å²) in [5, 5.41) is 14.1. The molecule has 1 amide bonds. The Balaban J connectivity index is 2.07. The van der Waals surface area contributed by atoms with E-state index in [1.165, 1.54) is 12.1 Å². The van der Waals surface area contributed by atoms with E-state index in [0.29, 0.717) is 23.9 Å². The predicted molar refractivity (Wildman–Crippen MR) is 105 cm³/mol. The summed E-state index contributed by atoms with van der Waals surface area (Å²) in [6.07, 6.45) is 0. The second kappa shape index (κ2) is 7.30. The molecule has 2 N–H and O–H groups in total. The highest BCUT2D eigenvalue weighted by Gasteiger charge is 2.21. The van der Waals surface area contributed by atoms with E-state index >= 15 is 0 Å². The maximum Gasteiger partial charge on any atom is 0.272 e. The number of carbonyl (C=O) groups is 1. The van der Waals surface area contributed by atoms with Crippen molar-refractivity contribution in [3.8, 4) is 11.5 Å². The molecule has 136 valence electrons. The third-order valence-electron chi connectivity index (χ3n) is 4.34. The van der Waals surface area contributed by atoms with Gasteiger partial charge in [-0.25, -0.2) is 0 Å². The van der Waals surface area contributed by atoms with Crippen LogP contribution in [0.1, 0.15) is 29.9 Å². The number of hydrogen-bond acceptors (Lipinski definition) is 3. The Morgan fingerprint density at radius 3 is 2.69 bits per heavy atom. The molecule has 26 heavy (non-hydrogen) atoms. The Morgan fingerprint density at radius 2 is 2.00 bits per heavy atom. The summed E-state index contributed by atoms with van der Waals surface area (Å²) >= 11 is 5.97. The molecule has 0 saturated heterocycles. The molecule has 0 radical (unpaired) electrons. The highest BCUT2D eigenvalue weighted by atomic mass is 35.5. The number of hydrogen-bond donors (Lipinski definition) is 2. The Bertz CT molecular complexity index is 979. The number of carbonyl (C=O) groups excluding carboxylic acids is 1. The van der Waals surface area contributed by atoms with Crippen molar-refractivity contribution in [3.05, 3.63) is 52.7 Å². The highest BCUT2D eigenvalue weighted by Crippen LogP contribution is 2.31. The summed E-state index contributed by atoms with van der Waals surface area (Å²) in [6, 6.07) is 10.4. The zero-order chi connectivity index (χ0) is 18.8. The number of anilines is 1. The van der Waals surface area contributed by atoms with Crippen LogP contribution >= 0.6 is 11.6 Å². The first kappa shape index (κ1) is 18.1. The lowest BCUT2D eigenvalue weighted by Gasteiger charge is -2.11. The predicted octanol–water partition coefficient (Wildman–Crippen LogP) is 4.98. The van der Waals surface area contributed by atoms with Crippen molar-refractivity contribution < 1.29 is 14.6 Å². The molecule has 0 fully saturated rings. The van der Waals surface area contributed by atoms with Gasteiger partial charge in [-0.1, -0.05) is 11.6 Å². The molecule has 5 nitrogen and oxygen atoms in total. The maximum atomic E-state index is 12.9. The fourth-order valence-electron chi connectivity index (χ4n) is 3.17. The van der Waals surface area contributed by atoms with Crippen molar-refractivity contribution in [1.29, 1.82) is 0 Å². The number of benzene rings is 2. The molecule has 0 aliphatic carbocycles. The molecule has 2 aromatic carbocycles. The minimum atomic E-state index is -0.295. The molecule has 3 rings (SSSR count). The first-order valence-electron chi connectivity index (χ1n) is 8.51. The summed E-state index contributed by atoms with van der Waals surface area (Å²) in [5.41, 5.74) is 2.66. The molecule has 0 aliphatic rings. The second-order valence-electron chi connectivity index (χ2n) is 5.95. The van der Waals surface area contributed by atoms with Crippen molar-refractivity contribution in [2.24, 2.45) is 0 Å². The van der Waals surface area contributed by atoms with Gasteiger partial charge < -0.3 is 19.7 Å². The van der Waals surface area contributed by atoms with E-state index in [-0.39, 0.29) is 17.3 Å². The van der Waals surface area contributed by atoms with Crippen LogP contribution in [0.25, 0.3) is 10.9 Å². The number of fused-ring (bicyclic) bond motifs is 1. The number of nitrogens with zero attached hydrogens (tertiary/aromatic N) is 1. The summed E-state index contributed by atoms with van der Waals surface area (Å²) < 4.78 is 7.53. The topological polar surface area (TPSA) is 63.5 Å². The number of phenols is 1. The average molecular weight is 373 g/mol. The molecule has 0 spiro atoms. The van der Waals surface area contributed by atoms with Crippen LogP contribution in [0.4, 0.5) is 5.69 Å². The van der Waals surface area contributed by atoms with Crippen LogP contribution in [0.3, 0.4) is 0 Å². The van der Waals surface area contributed by atoms with Crippen LogP contribution in [0.2, 0.25) is 5.02 Å². The van der Waals surface area contributed by atoms with Gasteiger partial charge in [0.2, 0.25) is 0 Å². The van der Waals surface area contributed by atoms with E-state index in [1.807, 2.05) is 43.5 Å². The number of halogens is 1.